The molecule has 84 valence electrons. The molecule has 3 nitrogen and oxygen atoms in total. The van der Waals surface area contributed by atoms with E-state index in [0.29, 0.717) is 6.54 Å². The van der Waals surface area contributed by atoms with Crippen LogP contribution in [0.25, 0.3) is 0 Å². The Morgan fingerprint density at radius 3 is 2.13 bits per heavy atom. The van der Waals surface area contributed by atoms with Gasteiger partial charge in [0.25, 0.3) is 11.8 Å². The summed E-state index contributed by atoms with van der Waals surface area (Å²) in [6.07, 6.45) is 5.81. The molecule has 0 aliphatic carbocycles. The maximum Gasteiger partial charge on any atom is 0.253 e. The Balaban J connectivity index is 2.67. The summed E-state index contributed by atoms with van der Waals surface area (Å²) in [6.45, 7) is 6.91. The average Bonchev–Trinajstić information content (AvgIpc) is 2.50. The fourth-order valence-corrected chi connectivity index (χ4v) is 1.94. The zero-order chi connectivity index (χ0) is 11.5. The number of imide groups is 1. The van der Waals surface area contributed by atoms with Gasteiger partial charge in [0.1, 0.15) is 0 Å². The highest BCUT2D eigenvalue weighted by Crippen LogP contribution is 2.29. The topological polar surface area (TPSA) is 37.4 Å². The summed E-state index contributed by atoms with van der Waals surface area (Å²) < 4.78 is 0. The molecule has 1 unspecified atom stereocenters. The zero-order valence-corrected chi connectivity index (χ0v) is 9.75. The SMILES string of the molecule is CCCC(C)(CC)CN1C(=O)C=CC1=O. The van der Waals surface area contributed by atoms with Crippen molar-refractivity contribution in [2.45, 2.75) is 40.0 Å². The summed E-state index contributed by atoms with van der Waals surface area (Å²) in [6, 6.07) is 0. The third-order valence-corrected chi connectivity index (χ3v) is 3.15. The van der Waals surface area contributed by atoms with Crippen LogP contribution in [0, 0.1) is 5.41 Å². The van der Waals surface area contributed by atoms with Crippen LogP contribution in [0.2, 0.25) is 0 Å². The van der Waals surface area contributed by atoms with Gasteiger partial charge in [-0.05, 0) is 18.3 Å². The van der Waals surface area contributed by atoms with E-state index in [0.717, 1.165) is 19.3 Å². The first-order chi connectivity index (χ1) is 7.02. The lowest BCUT2D eigenvalue weighted by atomic mass is 9.82. The van der Waals surface area contributed by atoms with Gasteiger partial charge in [-0.2, -0.15) is 0 Å². The Morgan fingerprint density at radius 1 is 1.20 bits per heavy atom. The molecule has 0 aromatic heterocycles. The van der Waals surface area contributed by atoms with Crippen molar-refractivity contribution in [3.05, 3.63) is 12.2 Å². The van der Waals surface area contributed by atoms with Crippen LogP contribution in [-0.4, -0.2) is 23.3 Å². The lowest BCUT2D eigenvalue weighted by Gasteiger charge is -2.31. The summed E-state index contributed by atoms with van der Waals surface area (Å²) in [5.41, 5.74) is 0.0616. The molecule has 0 aromatic rings. The van der Waals surface area contributed by atoms with Crippen molar-refractivity contribution in [2.24, 2.45) is 5.41 Å². The molecule has 0 saturated carbocycles. The Bertz CT molecular complexity index is 278. The minimum Gasteiger partial charge on any atom is -0.275 e. The molecule has 0 radical (unpaired) electrons. The second-order valence-corrected chi connectivity index (χ2v) is 4.51. The molecule has 3 heteroatoms. The van der Waals surface area contributed by atoms with E-state index in [1.807, 2.05) is 0 Å². The van der Waals surface area contributed by atoms with Gasteiger partial charge in [-0.1, -0.05) is 27.2 Å². The summed E-state index contributed by atoms with van der Waals surface area (Å²) >= 11 is 0. The molecule has 0 fully saturated rings. The van der Waals surface area contributed by atoms with E-state index in [4.69, 9.17) is 0 Å². The minimum absolute atomic E-state index is 0.0616. The summed E-state index contributed by atoms with van der Waals surface area (Å²) in [5.74, 6) is -0.341. The van der Waals surface area contributed by atoms with Crippen LogP contribution in [-0.2, 0) is 9.59 Å². The van der Waals surface area contributed by atoms with Gasteiger partial charge in [0.15, 0.2) is 0 Å². The molecule has 0 bridgehead atoms. The van der Waals surface area contributed by atoms with Crippen molar-refractivity contribution < 1.29 is 9.59 Å². The minimum atomic E-state index is -0.171. The maximum absolute atomic E-state index is 11.4. The number of carbonyl (C=O) groups excluding carboxylic acids is 2. The smallest absolute Gasteiger partial charge is 0.253 e. The fourth-order valence-electron chi connectivity index (χ4n) is 1.94. The third kappa shape index (κ3) is 2.67. The Kier molecular flexibility index (Phi) is 3.66. The van der Waals surface area contributed by atoms with Crippen LogP contribution >= 0.6 is 0 Å². The maximum atomic E-state index is 11.4. The Labute approximate surface area is 91.1 Å². The van der Waals surface area contributed by atoms with Gasteiger partial charge in [0.05, 0.1) is 0 Å². The largest absolute Gasteiger partial charge is 0.275 e. The van der Waals surface area contributed by atoms with E-state index in [9.17, 15) is 9.59 Å². The molecule has 15 heavy (non-hydrogen) atoms. The van der Waals surface area contributed by atoms with Gasteiger partial charge >= 0.3 is 0 Å². The van der Waals surface area contributed by atoms with Crippen molar-refractivity contribution in [1.82, 2.24) is 4.90 Å². The van der Waals surface area contributed by atoms with E-state index in [2.05, 4.69) is 20.8 Å². The Hall–Kier alpha value is -1.12. The van der Waals surface area contributed by atoms with Crippen molar-refractivity contribution >= 4 is 11.8 Å². The summed E-state index contributed by atoms with van der Waals surface area (Å²) in [7, 11) is 0. The predicted octanol–water partition coefficient (Wildman–Crippen LogP) is 2.13. The molecule has 0 aromatic carbocycles. The lowest BCUT2D eigenvalue weighted by molar-refractivity contribution is -0.138. The predicted molar refractivity (Wildman–Crippen MR) is 59.2 cm³/mol. The molecule has 1 atom stereocenters. The van der Waals surface area contributed by atoms with Gasteiger partial charge in [-0.3, -0.25) is 14.5 Å². The van der Waals surface area contributed by atoms with E-state index in [1.165, 1.54) is 17.1 Å². The average molecular weight is 209 g/mol. The van der Waals surface area contributed by atoms with Crippen molar-refractivity contribution in [2.75, 3.05) is 6.54 Å². The van der Waals surface area contributed by atoms with Gasteiger partial charge in [-0.15, -0.1) is 0 Å². The number of carbonyl (C=O) groups is 2. The Morgan fingerprint density at radius 2 is 1.73 bits per heavy atom. The van der Waals surface area contributed by atoms with Gasteiger partial charge < -0.3 is 0 Å². The van der Waals surface area contributed by atoms with E-state index < -0.39 is 0 Å². The number of amides is 2. The lowest BCUT2D eigenvalue weighted by Crippen LogP contribution is -2.39. The van der Waals surface area contributed by atoms with E-state index in [-0.39, 0.29) is 17.2 Å². The molecule has 0 spiro atoms. The van der Waals surface area contributed by atoms with Crippen LogP contribution in [0.1, 0.15) is 40.0 Å². The normalized spacial score (nSPS) is 19.8. The highest BCUT2D eigenvalue weighted by atomic mass is 16.2. The van der Waals surface area contributed by atoms with Crippen molar-refractivity contribution in [1.29, 1.82) is 0 Å². The van der Waals surface area contributed by atoms with Crippen LogP contribution in [0.4, 0.5) is 0 Å². The molecule has 1 heterocycles. The van der Waals surface area contributed by atoms with Crippen molar-refractivity contribution in [3.8, 4) is 0 Å². The third-order valence-electron chi connectivity index (χ3n) is 3.15. The molecule has 1 aliphatic heterocycles. The molecule has 0 saturated heterocycles. The van der Waals surface area contributed by atoms with E-state index in [1.54, 1.807) is 0 Å². The quantitative estimate of drug-likeness (QED) is 0.650. The second-order valence-electron chi connectivity index (χ2n) is 4.51. The molecule has 0 N–H and O–H groups in total. The van der Waals surface area contributed by atoms with E-state index >= 15 is 0 Å². The molecule has 1 aliphatic rings. The van der Waals surface area contributed by atoms with Gasteiger partial charge in [0.2, 0.25) is 0 Å². The van der Waals surface area contributed by atoms with Gasteiger partial charge in [-0.25, -0.2) is 0 Å². The van der Waals surface area contributed by atoms with Gasteiger partial charge in [0, 0.05) is 18.7 Å². The molecule has 2 amide bonds. The van der Waals surface area contributed by atoms with Crippen LogP contribution < -0.4 is 0 Å². The zero-order valence-electron chi connectivity index (χ0n) is 9.75. The van der Waals surface area contributed by atoms with Crippen LogP contribution in [0.15, 0.2) is 12.2 Å². The monoisotopic (exact) mass is 209 g/mol. The second kappa shape index (κ2) is 4.60. The highest BCUT2D eigenvalue weighted by molar-refractivity contribution is 6.12. The highest BCUT2D eigenvalue weighted by Gasteiger charge is 2.31. The standard InChI is InChI=1S/C12H19NO2/c1-4-8-12(3,5-2)9-13-10(14)6-7-11(13)15/h6-7H,4-5,8-9H2,1-3H3. The molecule has 1 rings (SSSR count). The first kappa shape index (κ1) is 12.0. The molecular weight excluding hydrogens is 190 g/mol. The van der Waals surface area contributed by atoms with Crippen LogP contribution in [0.3, 0.4) is 0 Å². The number of hydrogen-bond donors (Lipinski definition) is 0. The number of rotatable bonds is 5. The first-order valence-electron chi connectivity index (χ1n) is 5.56. The number of hydrogen-bond acceptors (Lipinski definition) is 2. The van der Waals surface area contributed by atoms with Crippen LogP contribution in [0.5, 0.6) is 0 Å². The number of nitrogens with zero attached hydrogens (tertiary/aromatic N) is 1. The fraction of sp³-hybridized carbons (Fsp3) is 0.667. The first-order valence-corrected chi connectivity index (χ1v) is 5.56. The molecular formula is C12H19NO2. The van der Waals surface area contributed by atoms with Crippen molar-refractivity contribution in [3.63, 3.8) is 0 Å². The summed E-state index contributed by atoms with van der Waals surface area (Å²) in [5, 5.41) is 0. The summed E-state index contributed by atoms with van der Waals surface area (Å²) in [4.78, 5) is 24.1.